The molecule has 0 saturated carbocycles. The normalized spacial score (nSPS) is 11.4. The predicted molar refractivity (Wildman–Crippen MR) is 155 cm³/mol. The Morgan fingerprint density at radius 3 is 2.64 bits per heavy atom. The molecule has 0 aliphatic carbocycles. The highest BCUT2D eigenvalue weighted by Crippen LogP contribution is 2.42. The van der Waals surface area contributed by atoms with E-state index in [1.54, 1.807) is 31.2 Å². The largest absolute Gasteiger partial charge is 0.493 e. The van der Waals surface area contributed by atoms with Crippen LogP contribution in [0.3, 0.4) is 0 Å². The molecule has 5 aromatic rings. The number of esters is 1. The Morgan fingerprint density at radius 1 is 1.10 bits per heavy atom. The maximum atomic E-state index is 13.5. The molecular formula is C28H21Br2N3O6. The van der Waals surface area contributed by atoms with Crippen LogP contribution in [0.2, 0.25) is 0 Å². The van der Waals surface area contributed by atoms with Gasteiger partial charge >= 0.3 is 5.97 Å². The van der Waals surface area contributed by atoms with Crippen molar-refractivity contribution >= 4 is 65.9 Å². The summed E-state index contributed by atoms with van der Waals surface area (Å²) >= 11 is 7.03. The monoisotopic (exact) mass is 653 g/mol. The van der Waals surface area contributed by atoms with Crippen molar-refractivity contribution in [1.82, 2.24) is 9.66 Å². The summed E-state index contributed by atoms with van der Waals surface area (Å²) in [4.78, 5) is 30.0. The van der Waals surface area contributed by atoms with Crippen LogP contribution in [0.4, 0.5) is 0 Å². The van der Waals surface area contributed by atoms with E-state index in [2.05, 4.69) is 37.0 Å². The van der Waals surface area contributed by atoms with E-state index < -0.39 is 5.97 Å². The molecular weight excluding hydrogens is 634 g/mol. The van der Waals surface area contributed by atoms with Crippen molar-refractivity contribution in [1.29, 1.82) is 0 Å². The molecule has 0 aliphatic rings. The fourth-order valence-corrected chi connectivity index (χ4v) is 4.86. The lowest BCUT2D eigenvalue weighted by Crippen LogP contribution is -2.20. The van der Waals surface area contributed by atoms with Crippen molar-refractivity contribution in [2.75, 3.05) is 20.3 Å². The molecule has 0 N–H and O–H groups in total. The Hall–Kier alpha value is -3.96. The van der Waals surface area contributed by atoms with Gasteiger partial charge in [-0.1, -0.05) is 30.3 Å². The van der Waals surface area contributed by atoms with Gasteiger partial charge in [-0.05, 0) is 69.1 Å². The number of benzene rings is 3. The van der Waals surface area contributed by atoms with E-state index in [9.17, 15) is 9.59 Å². The molecule has 0 fully saturated rings. The van der Waals surface area contributed by atoms with Crippen LogP contribution in [0.5, 0.6) is 11.5 Å². The number of methoxy groups -OCH3 is 1. The zero-order valence-corrected chi connectivity index (χ0v) is 24.0. The van der Waals surface area contributed by atoms with E-state index in [-0.39, 0.29) is 24.6 Å². The Morgan fingerprint density at radius 2 is 1.87 bits per heavy atom. The summed E-state index contributed by atoms with van der Waals surface area (Å²) in [6.07, 6.45) is 1.50. The summed E-state index contributed by atoms with van der Waals surface area (Å²) in [5.41, 5.74) is 1.40. The Bertz CT molecular complexity index is 1760. The van der Waals surface area contributed by atoms with Crippen LogP contribution in [0.25, 0.3) is 33.5 Å². The highest BCUT2D eigenvalue weighted by atomic mass is 79.9. The van der Waals surface area contributed by atoms with Crippen molar-refractivity contribution < 1.29 is 23.4 Å². The number of carbonyl (C=O) groups is 1. The zero-order chi connectivity index (χ0) is 27.5. The molecule has 0 amide bonds. The number of aromatic nitrogens is 2. The quantitative estimate of drug-likeness (QED) is 0.146. The molecule has 2 aromatic heterocycles. The van der Waals surface area contributed by atoms with Gasteiger partial charge in [-0.15, -0.1) is 0 Å². The van der Waals surface area contributed by atoms with E-state index in [4.69, 9.17) is 23.6 Å². The molecule has 9 nitrogen and oxygen atoms in total. The third-order valence-corrected chi connectivity index (χ3v) is 7.87. The SMILES string of the molecule is CCOC(=O)COc1c(OC)cc(C=Nn2c(-c3cc4ccccc4o3)nc3ccccc3c2=O)c(Br)c1Br. The summed E-state index contributed by atoms with van der Waals surface area (Å²) in [7, 11) is 1.48. The van der Waals surface area contributed by atoms with Crippen LogP contribution in [-0.4, -0.2) is 42.2 Å². The number of halogens is 2. The molecule has 0 bridgehead atoms. The van der Waals surface area contributed by atoms with E-state index in [1.165, 1.54) is 18.0 Å². The first-order chi connectivity index (χ1) is 18.9. The molecule has 0 unspecified atom stereocenters. The van der Waals surface area contributed by atoms with Gasteiger partial charge in [-0.2, -0.15) is 9.78 Å². The first-order valence-corrected chi connectivity index (χ1v) is 13.4. The highest BCUT2D eigenvalue weighted by molar-refractivity contribution is 9.13. The van der Waals surface area contributed by atoms with Crippen LogP contribution >= 0.6 is 31.9 Å². The second kappa shape index (κ2) is 11.4. The number of ether oxygens (including phenoxy) is 3. The summed E-state index contributed by atoms with van der Waals surface area (Å²) < 4.78 is 24.4. The smallest absolute Gasteiger partial charge is 0.344 e. The number of rotatable bonds is 8. The second-order valence-corrected chi connectivity index (χ2v) is 9.77. The summed E-state index contributed by atoms with van der Waals surface area (Å²) in [6.45, 7) is 1.68. The number of fused-ring (bicyclic) bond motifs is 2. The minimum atomic E-state index is -0.505. The summed E-state index contributed by atoms with van der Waals surface area (Å²) in [5.74, 6) is 0.799. The predicted octanol–water partition coefficient (Wildman–Crippen LogP) is 6.17. The fourth-order valence-electron chi connectivity index (χ4n) is 3.92. The topological polar surface area (TPSA) is 105 Å². The van der Waals surface area contributed by atoms with Gasteiger partial charge in [0.2, 0.25) is 5.82 Å². The van der Waals surface area contributed by atoms with Crippen LogP contribution < -0.4 is 15.0 Å². The molecule has 0 aliphatic heterocycles. The average molecular weight is 655 g/mol. The zero-order valence-electron chi connectivity index (χ0n) is 20.8. The maximum Gasteiger partial charge on any atom is 0.344 e. The van der Waals surface area contributed by atoms with Crippen molar-refractivity contribution in [2.24, 2.45) is 5.10 Å². The number of furan rings is 1. The van der Waals surface area contributed by atoms with Gasteiger partial charge < -0.3 is 18.6 Å². The Balaban J connectivity index is 1.60. The van der Waals surface area contributed by atoms with Crippen molar-refractivity contribution in [3.63, 3.8) is 0 Å². The van der Waals surface area contributed by atoms with Crippen molar-refractivity contribution in [3.8, 4) is 23.1 Å². The van der Waals surface area contributed by atoms with Gasteiger partial charge in [0.05, 0.1) is 35.3 Å². The maximum absolute atomic E-state index is 13.5. The van der Waals surface area contributed by atoms with Gasteiger partial charge in [0, 0.05) is 15.4 Å². The number of carbonyl (C=O) groups excluding carboxylic acids is 1. The van der Waals surface area contributed by atoms with Gasteiger partial charge in [0.25, 0.3) is 5.56 Å². The molecule has 198 valence electrons. The van der Waals surface area contributed by atoms with Gasteiger partial charge in [0.1, 0.15) is 5.58 Å². The number of hydrogen-bond donors (Lipinski definition) is 0. The lowest BCUT2D eigenvalue weighted by Gasteiger charge is -2.15. The van der Waals surface area contributed by atoms with E-state index in [0.29, 0.717) is 48.3 Å². The van der Waals surface area contributed by atoms with Crippen LogP contribution in [-0.2, 0) is 9.53 Å². The first kappa shape index (κ1) is 26.6. The minimum Gasteiger partial charge on any atom is -0.493 e. The molecule has 11 heteroatoms. The summed E-state index contributed by atoms with van der Waals surface area (Å²) in [6, 6.07) is 18.1. The molecule has 0 radical (unpaired) electrons. The molecule has 0 saturated heterocycles. The number of para-hydroxylation sites is 2. The Labute approximate surface area is 239 Å². The standard InChI is InChI=1S/C28H21Br2N3O6/c1-3-37-23(34)15-38-26-21(36-2)13-17(24(29)25(26)30)14-31-33-27(22-12-16-8-4-7-11-20(16)39-22)32-19-10-6-5-9-18(19)28(33)35/h4-14H,3,15H2,1-2H3. The lowest BCUT2D eigenvalue weighted by molar-refractivity contribution is -0.145. The number of hydrogen-bond acceptors (Lipinski definition) is 8. The number of nitrogens with zero attached hydrogens (tertiary/aromatic N) is 3. The minimum absolute atomic E-state index is 0.249. The molecule has 3 aromatic carbocycles. The molecule has 0 spiro atoms. The van der Waals surface area contributed by atoms with Gasteiger partial charge in [-0.3, -0.25) is 4.79 Å². The van der Waals surface area contributed by atoms with Gasteiger partial charge in [0.15, 0.2) is 23.9 Å². The average Bonchev–Trinajstić information content (AvgIpc) is 3.38. The fraction of sp³-hybridized carbons (Fsp3) is 0.143. The molecule has 2 heterocycles. The molecule has 39 heavy (non-hydrogen) atoms. The van der Waals surface area contributed by atoms with Gasteiger partial charge in [-0.25, -0.2) is 9.78 Å². The van der Waals surface area contributed by atoms with Crippen LogP contribution in [0.15, 0.2) is 83.9 Å². The molecule has 0 atom stereocenters. The van der Waals surface area contributed by atoms with E-state index in [0.717, 1.165) is 5.39 Å². The Kier molecular flexibility index (Phi) is 7.80. The third kappa shape index (κ3) is 5.32. The molecule has 5 rings (SSSR count). The van der Waals surface area contributed by atoms with Crippen LogP contribution in [0.1, 0.15) is 12.5 Å². The highest BCUT2D eigenvalue weighted by Gasteiger charge is 2.19. The van der Waals surface area contributed by atoms with E-state index >= 15 is 0 Å². The van der Waals surface area contributed by atoms with Crippen molar-refractivity contribution in [3.05, 3.63) is 85.5 Å². The third-order valence-electron chi connectivity index (χ3n) is 5.73. The lowest BCUT2D eigenvalue weighted by atomic mass is 10.2. The first-order valence-electron chi connectivity index (χ1n) is 11.8. The van der Waals surface area contributed by atoms with Crippen LogP contribution in [0, 0.1) is 0 Å². The second-order valence-electron chi connectivity index (χ2n) is 8.18. The summed E-state index contributed by atoms with van der Waals surface area (Å²) in [5, 5.41) is 5.80. The van der Waals surface area contributed by atoms with E-state index in [1.807, 2.05) is 36.4 Å². The van der Waals surface area contributed by atoms with Crippen molar-refractivity contribution in [2.45, 2.75) is 6.92 Å².